The summed E-state index contributed by atoms with van der Waals surface area (Å²) in [7, 11) is 0. The van der Waals surface area contributed by atoms with Crippen LogP contribution >= 0.6 is 11.6 Å². The van der Waals surface area contributed by atoms with Gasteiger partial charge in [-0.3, -0.25) is 9.59 Å². The molecular weight excluding hydrogens is 718 g/mol. The summed E-state index contributed by atoms with van der Waals surface area (Å²) < 4.78 is 5.69. The van der Waals surface area contributed by atoms with Gasteiger partial charge in [0.2, 0.25) is 0 Å². The molecule has 1 aromatic heterocycles. The number of halogens is 1. The van der Waals surface area contributed by atoms with E-state index in [1.807, 2.05) is 24.3 Å². The number of anilines is 2. The number of nitrogens with one attached hydrogen (secondary N) is 1. The summed E-state index contributed by atoms with van der Waals surface area (Å²) in [5.41, 5.74) is 13.8. The number of aliphatic hydroxyl groups excluding tert-OH is 2. The number of carbonyl (C=O) groups excluding carboxylic acids is 5. The highest BCUT2D eigenvalue weighted by atomic mass is 35.5. The number of nitrogens with two attached hydrogens (primary N) is 2. The first-order valence-electron chi connectivity index (χ1n) is 17.7. The van der Waals surface area contributed by atoms with Gasteiger partial charge in [0.25, 0.3) is 0 Å². The fourth-order valence-electron chi connectivity index (χ4n) is 5.31. The largest absolute Gasteiger partial charge is 0.508 e. The molecule has 0 spiro atoms. The lowest BCUT2D eigenvalue weighted by molar-refractivity contribution is -0.191. The highest BCUT2D eigenvalue weighted by Crippen LogP contribution is 2.27. The fraction of sp³-hybridized carbons (Fsp3) is 0.462. The lowest BCUT2D eigenvalue weighted by Gasteiger charge is -2.16. The van der Waals surface area contributed by atoms with E-state index in [0.717, 1.165) is 56.8 Å². The maximum Gasteiger partial charge on any atom is 0.373 e. The number of phenols is 1. The van der Waals surface area contributed by atoms with Gasteiger partial charge in [0, 0.05) is 30.7 Å². The van der Waals surface area contributed by atoms with Gasteiger partial charge in [0.15, 0.2) is 34.0 Å². The Balaban J connectivity index is 0.00000227. The molecule has 0 saturated heterocycles. The number of nitrogens with zero attached hydrogens (tertiary/aromatic N) is 2. The van der Waals surface area contributed by atoms with Gasteiger partial charge in [-0.05, 0) is 93.2 Å². The number of aldehydes is 1. The molecule has 14 nitrogen and oxygen atoms in total. The van der Waals surface area contributed by atoms with Gasteiger partial charge in [-0.25, -0.2) is 9.97 Å². The van der Waals surface area contributed by atoms with Crippen LogP contribution in [0.2, 0.25) is 5.15 Å². The van der Waals surface area contributed by atoms with Crippen molar-refractivity contribution in [1.82, 2.24) is 9.97 Å². The quantitative estimate of drug-likeness (QED) is 0.0305. The monoisotopic (exact) mass is 769 g/mol. The number of ether oxygens (including phenoxy) is 1. The standard InChI is InChI=1S/C36H46ClN5O6.C2H6O.CO2/c1-23(10-16-30(45)25-13-17-31(46)26(20-25)18-19-43)6-5-9-28(44)22-48-29-14-11-24(12-15-29)7-3-2-4-8-27(38)21-32(47)33-35(39)42-36(40)34(37)41-33;1-2-3;2-1-3/h11-15,17,19-20,23,30,38,45-46H,2-10,16,18,21-22H2,1H3,(H4,39,40,42);3H,2H2,1H3;/t23-,30+;;/m1../s1. The topological polar surface area (TPSA) is 257 Å². The molecule has 8 N–H and O–H groups in total. The summed E-state index contributed by atoms with van der Waals surface area (Å²) in [5, 5.41) is 36.0. The normalized spacial score (nSPS) is 11.4. The summed E-state index contributed by atoms with van der Waals surface area (Å²) in [5.74, 6) is 0.526. The van der Waals surface area contributed by atoms with Crippen molar-refractivity contribution < 1.29 is 44.0 Å². The highest BCUT2D eigenvalue weighted by Gasteiger charge is 2.18. The van der Waals surface area contributed by atoms with Gasteiger partial charge in [0.05, 0.1) is 12.5 Å². The van der Waals surface area contributed by atoms with Crippen LogP contribution in [0.5, 0.6) is 11.5 Å². The molecule has 2 aromatic carbocycles. The second kappa shape index (κ2) is 26.7. The maximum absolute atomic E-state index is 12.4. The molecule has 0 unspecified atom stereocenters. The van der Waals surface area contributed by atoms with Crippen LogP contribution in [0.3, 0.4) is 0 Å². The summed E-state index contributed by atoms with van der Waals surface area (Å²) in [6, 6.07) is 12.6. The van der Waals surface area contributed by atoms with Crippen molar-refractivity contribution in [3.8, 4) is 11.5 Å². The molecule has 0 radical (unpaired) electrons. The maximum atomic E-state index is 12.4. The van der Waals surface area contributed by atoms with Crippen molar-refractivity contribution in [1.29, 1.82) is 5.41 Å². The van der Waals surface area contributed by atoms with Crippen molar-refractivity contribution >= 4 is 53.0 Å². The Morgan fingerprint density at radius 3 is 2.30 bits per heavy atom. The molecule has 3 rings (SSSR count). The predicted octanol–water partition coefficient (Wildman–Crippen LogP) is 5.82. The molecule has 0 bridgehead atoms. The number of benzene rings is 2. The Morgan fingerprint density at radius 1 is 0.981 bits per heavy atom. The number of unbranched alkanes of at least 4 members (excludes halogenated alkanes) is 2. The van der Waals surface area contributed by atoms with E-state index in [1.54, 1.807) is 19.1 Å². The van der Waals surface area contributed by atoms with Crippen molar-refractivity contribution in [2.24, 2.45) is 5.92 Å². The lowest BCUT2D eigenvalue weighted by Crippen LogP contribution is -2.14. The summed E-state index contributed by atoms with van der Waals surface area (Å²) in [4.78, 5) is 59.6. The third-order valence-electron chi connectivity index (χ3n) is 8.19. The van der Waals surface area contributed by atoms with Crippen LogP contribution in [0.1, 0.15) is 111 Å². The first-order chi connectivity index (χ1) is 25.8. The second-order valence-electron chi connectivity index (χ2n) is 12.6. The van der Waals surface area contributed by atoms with Crippen LogP contribution in [0.25, 0.3) is 0 Å². The zero-order valence-electron chi connectivity index (χ0n) is 30.9. The minimum atomic E-state index is -0.677. The van der Waals surface area contributed by atoms with E-state index in [9.17, 15) is 24.6 Å². The zero-order valence-corrected chi connectivity index (χ0v) is 31.6. The molecule has 0 amide bonds. The molecule has 0 aliphatic rings. The van der Waals surface area contributed by atoms with Crippen LogP contribution in [-0.2, 0) is 32.0 Å². The molecule has 15 heteroatoms. The number of carbonyl (C=O) groups is 3. The van der Waals surface area contributed by atoms with Crippen molar-refractivity contribution in [3.63, 3.8) is 0 Å². The number of aromatic hydroxyl groups is 1. The van der Waals surface area contributed by atoms with E-state index < -0.39 is 11.9 Å². The number of rotatable bonds is 22. The molecule has 0 saturated carbocycles. The highest BCUT2D eigenvalue weighted by molar-refractivity contribution is 6.31. The van der Waals surface area contributed by atoms with Gasteiger partial charge in [-0.2, -0.15) is 9.59 Å². The van der Waals surface area contributed by atoms with Gasteiger partial charge in [-0.15, -0.1) is 0 Å². The van der Waals surface area contributed by atoms with Crippen molar-refractivity contribution in [3.05, 3.63) is 70.0 Å². The smallest absolute Gasteiger partial charge is 0.373 e. The van der Waals surface area contributed by atoms with E-state index in [-0.39, 0.29) is 66.2 Å². The molecule has 0 fully saturated rings. The van der Waals surface area contributed by atoms with Gasteiger partial charge >= 0.3 is 6.15 Å². The van der Waals surface area contributed by atoms with Crippen LogP contribution in [0.4, 0.5) is 11.6 Å². The summed E-state index contributed by atoms with van der Waals surface area (Å²) >= 11 is 5.84. The van der Waals surface area contributed by atoms with E-state index in [4.69, 9.17) is 47.9 Å². The molecular formula is C39H52ClN5O9. The van der Waals surface area contributed by atoms with E-state index in [2.05, 4.69) is 16.9 Å². The molecule has 294 valence electrons. The Kier molecular flexibility index (Phi) is 23.2. The fourth-order valence-corrected chi connectivity index (χ4v) is 5.44. The average molecular weight is 770 g/mol. The number of aliphatic hydroxyl groups is 2. The minimum absolute atomic E-state index is 0.0232. The molecule has 1 heterocycles. The first kappa shape index (κ1) is 47.0. The van der Waals surface area contributed by atoms with Crippen molar-refractivity contribution in [2.45, 2.75) is 97.0 Å². The van der Waals surface area contributed by atoms with Crippen LogP contribution in [0, 0.1) is 11.3 Å². The van der Waals surface area contributed by atoms with Crippen molar-refractivity contribution in [2.75, 3.05) is 24.7 Å². The Bertz CT molecular complexity index is 1660. The summed E-state index contributed by atoms with van der Waals surface area (Å²) in [6.45, 7) is 4.06. The number of aryl methyl sites for hydroxylation is 1. The number of ketones is 2. The second-order valence-corrected chi connectivity index (χ2v) is 13.0. The first-order valence-corrected chi connectivity index (χ1v) is 18.1. The SMILES string of the molecule is CCO.C[C@H](CCCC(=O)COc1ccc(CCCCCC(=N)CC(=O)c2nc(Cl)c(N)nc2N)cc1)CC[C@H](O)c1ccc(O)c(CC=O)c1.O=C=O. The molecule has 0 aliphatic carbocycles. The van der Waals surface area contributed by atoms with Gasteiger partial charge in [0.1, 0.15) is 24.4 Å². The predicted molar refractivity (Wildman–Crippen MR) is 205 cm³/mol. The van der Waals surface area contributed by atoms with E-state index in [0.29, 0.717) is 47.8 Å². The van der Waals surface area contributed by atoms with Crippen LogP contribution < -0.4 is 16.2 Å². The van der Waals surface area contributed by atoms with Crippen LogP contribution in [0.15, 0.2) is 42.5 Å². The molecule has 54 heavy (non-hydrogen) atoms. The van der Waals surface area contributed by atoms with Gasteiger partial charge < -0.3 is 41.7 Å². The number of aromatic nitrogens is 2. The average Bonchev–Trinajstić information content (AvgIpc) is 3.13. The number of phenolic OH excluding ortho intramolecular Hbond substituents is 1. The number of Topliss-reactive ketones (excluding diaryl/α,β-unsaturated/α-hetero) is 2. The Morgan fingerprint density at radius 2 is 1.65 bits per heavy atom. The lowest BCUT2D eigenvalue weighted by atomic mass is 9.93. The number of nitrogen functional groups attached to an aromatic ring is 2. The molecule has 0 aliphatic heterocycles. The summed E-state index contributed by atoms with van der Waals surface area (Å²) in [6.07, 6.45) is 7.68. The van der Waals surface area contributed by atoms with E-state index >= 15 is 0 Å². The number of hydrogen-bond donors (Lipinski definition) is 6. The Hall–Kier alpha value is -5.01. The number of hydrogen-bond acceptors (Lipinski definition) is 14. The van der Waals surface area contributed by atoms with Gasteiger partial charge in [-0.1, -0.05) is 49.6 Å². The Labute approximate surface area is 320 Å². The van der Waals surface area contributed by atoms with Crippen LogP contribution in [-0.4, -0.2) is 68.2 Å². The zero-order chi connectivity index (χ0) is 40.5. The molecule has 2 atom stereocenters. The molecule has 3 aromatic rings. The van der Waals surface area contributed by atoms with E-state index in [1.165, 1.54) is 6.07 Å². The third kappa shape index (κ3) is 18.7. The third-order valence-corrected chi connectivity index (χ3v) is 8.47. The minimum Gasteiger partial charge on any atom is -0.508 e.